The maximum absolute atomic E-state index is 11.5. The first-order chi connectivity index (χ1) is 10.4. The molecule has 6 nitrogen and oxygen atoms in total. The Morgan fingerprint density at radius 2 is 1.68 bits per heavy atom. The molecule has 0 fully saturated rings. The van der Waals surface area contributed by atoms with Crippen molar-refractivity contribution < 1.29 is 23.5 Å². The predicted octanol–water partition coefficient (Wildman–Crippen LogP) is 2.04. The summed E-state index contributed by atoms with van der Waals surface area (Å²) in [6, 6.07) is 4.44. The van der Waals surface area contributed by atoms with Crippen LogP contribution in [0.3, 0.4) is 0 Å². The average Bonchev–Trinajstić information content (AvgIpc) is 2.41. The first-order valence-corrected chi connectivity index (χ1v) is 6.70. The highest BCUT2D eigenvalue weighted by Crippen LogP contribution is 2.32. The second kappa shape index (κ2) is 6.43. The van der Waals surface area contributed by atoms with Gasteiger partial charge in [0.05, 0.1) is 5.39 Å². The average molecular weight is 304 g/mol. The lowest BCUT2D eigenvalue weighted by Gasteiger charge is -2.12. The summed E-state index contributed by atoms with van der Waals surface area (Å²) in [5.41, 5.74) is 0.457. The minimum absolute atomic E-state index is 0.103. The molecular weight excluding hydrogens is 288 g/mol. The van der Waals surface area contributed by atoms with E-state index in [1.54, 1.807) is 13.0 Å². The highest BCUT2D eigenvalue weighted by molar-refractivity contribution is 5.88. The number of ketones is 2. The molecule has 0 aliphatic rings. The Kier molecular flexibility index (Phi) is 4.60. The van der Waals surface area contributed by atoms with Gasteiger partial charge in [-0.25, -0.2) is 4.79 Å². The lowest BCUT2D eigenvalue weighted by Crippen LogP contribution is -2.09. The highest BCUT2D eigenvalue weighted by atomic mass is 16.5. The number of benzene rings is 1. The van der Waals surface area contributed by atoms with Gasteiger partial charge in [-0.05, 0) is 26.3 Å². The smallest absolute Gasteiger partial charge is 0.336 e. The van der Waals surface area contributed by atoms with Crippen LogP contribution in [0.15, 0.2) is 27.4 Å². The summed E-state index contributed by atoms with van der Waals surface area (Å²) in [7, 11) is 0. The van der Waals surface area contributed by atoms with Gasteiger partial charge in [0.1, 0.15) is 30.3 Å². The Bertz CT molecular complexity index is 787. The van der Waals surface area contributed by atoms with Gasteiger partial charge in [0.25, 0.3) is 0 Å². The molecule has 2 aromatic rings. The number of Topliss-reactive ketones (excluding diaryl/α,β-unsaturated/α-hetero) is 2. The maximum atomic E-state index is 11.5. The summed E-state index contributed by atoms with van der Waals surface area (Å²) in [6.07, 6.45) is 0. The normalized spacial score (nSPS) is 10.5. The molecule has 0 radical (unpaired) electrons. The SMILES string of the molecule is CC(=O)COc1cc(OCC(C)=O)c2c(C)cc(=O)oc2c1. The van der Waals surface area contributed by atoms with Crippen molar-refractivity contribution in [3.63, 3.8) is 0 Å². The number of ether oxygens (including phenoxy) is 2. The maximum Gasteiger partial charge on any atom is 0.336 e. The van der Waals surface area contributed by atoms with Gasteiger partial charge < -0.3 is 13.9 Å². The molecule has 1 heterocycles. The third kappa shape index (κ3) is 3.72. The van der Waals surface area contributed by atoms with E-state index in [0.29, 0.717) is 22.4 Å². The quantitative estimate of drug-likeness (QED) is 0.759. The van der Waals surface area contributed by atoms with E-state index in [-0.39, 0.29) is 30.4 Å². The molecule has 116 valence electrons. The molecular formula is C16H16O6. The molecule has 1 aromatic heterocycles. The summed E-state index contributed by atoms with van der Waals surface area (Å²) >= 11 is 0. The molecule has 0 saturated carbocycles. The molecule has 0 saturated heterocycles. The zero-order valence-corrected chi connectivity index (χ0v) is 12.6. The van der Waals surface area contributed by atoms with E-state index in [0.717, 1.165) is 0 Å². The van der Waals surface area contributed by atoms with Crippen molar-refractivity contribution in [2.24, 2.45) is 0 Å². The van der Waals surface area contributed by atoms with Crippen LogP contribution in [-0.2, 0) is 9.59 Å². The molecule has 0 N–H and O–H groups in total. The first kappa shape index (κ1) is 15.8. The fourth-order valence-electron chi connectivity index (χ4n) is 1.98. The summed E-state index contributed by atoms with van der Waals surface area (Å²) in [6.45, 7) is 4.34. The van der Waals surface area contributed by atoms with Crippen molar-refractivity contribution >= 4 is 22.5 Å². The van der Waals surface area contributed by atoms with Crippen LogP contribution in [0.4, 0.5) is 0 Å². The van der Waals surface area contributed by atoms with Crippen LogP contribution < -0.4 is 15.1 Å². The van der Waals surface area contributed by atoms with Gasteiger partial charge in [0.2, 0.25) is 0 Å². The van der Waals surface area contributed by atoms with Gasteiger partial charge in [-0.3, -0.25) is 9.59 Å². The Balaban J connectivity index is 2.53. The van der Waals surface area contributed by atoms with Gasteiger partial charge in [0.15, 0.2) is 11.6 Å². The highest BCUT2D eigenvalue weighted by Gasteiger charge is 2.13. The Morgan fingerprint density at radius 1 is 1.05 bits per heavy atom. The molecule has 0 aliphatic carbocycles. The second-order valence-electron chi connectivity index (χ2n) is 5.02. The van der Waals surface area contributed by atoms with Crippen molar-refractivity contribution in [3.05, 3.63) is 34.2 Å². The summed E-state index contributed by atoms with van der Waals surface area (Å²) in [4.78, 5) is 33.6. The number of fused-ring (bicyclic) bond motifs is 1. The van der Waals surface area contributed by atoms with Crippen molar-refractivity contribution in [2.75, 3.05) is 13.2 Å². The number of aryl methyl sites for hydroxylation is 1. The molecule has 0 bridgehead atoms. The molecule has 1 aromatic carbocycles. The second-order valence-corrected chi connectivity index (χ2v) is 5.02. The van der Waals surface area contributed by atoms with Gasteiger partial charge in [-0.1, -0.05) is 0 Å². The minimum Gasteiger partial charge on any atom is -0.486 e. The molecule has 2 rings (SSSR count). The van der Waals surface area contributed by atoms with Crippen LogP contribution in [0.1, 0.15) is 19.4 Å². The van der Waals surface area contributed by atoms with Crippen LogP contribution in [0.2, 0.25) is 0 Å². The largest absolute Gasteiger partial charge is 0.486 e. The molecule has 0 atom stereocenters. The van der Waals surface area contributed by atoms with Crippen LogP contribution in [0.5, 0.6) is 11.5 Å². The minimum atomic E-state index is -0.494. The predicted molar refractivity (Wildman–Crippen MR) is 79.6 cm³/mol. The summed E-state index contributed by atoms with van der Waals surface area (Å²) in [5, 5.41) is 0.594. The lowest BCUT2D eigenvalue weighted by molar-refractivity contribution is -0.119. The number of hydrogen-bond acceptors (Lipinski definition) is 6. The molecule has 22 heavy (non-hydrogen) atoms. The van der Waals surface area contributed by atoms with Crippen LogP contribution in [-0.4, -0.2) is 24.8 Å². The Hall–Kier alpha value is -2.63. The molecule has 0 spiro atoms. The third-order valence-electron chi connectivity index (χ3n) is 2.85. The zero-order chi connectivity index (χ0) is 16.3. The van der Waals surface area contributed by atoms with Gasteiger partial charge in [0, 0.05) is 18.2 Å². The fourth-order valence-corrected chi connectivity index (χ4v) is 1.98. The Labute approximate surface area is 126 Å². The first-order valence-electron chi connectivity index (χ1n) is 6.70. The number of hydrogen-bond donors (Lipinski definition) is 0. The van der Waals surface area contributed by atoms with Crippen LogP contribution >= 0.6 is 0 Å². The molecule has 0 unspecified atom stereocenters. The van der Waals surface area contributed by atoms with Crippen molar-refractivity contribution in [1.82, 2.24) is 0 Å². The monoisotopic (exact) mass is 304 g/mol. The van der Waals surface area contributed by atoms with Crippen molar-refractivity contribution in [2.45, 2.75) is 20.8 Å². The molecule has 0 aliphatic heterocycles. The number of rotatable bonds is 6. The number of carbonyl (C=O) groups excluding carboxylic acids is 2. The van der Waals surface area contributed by atoms with E-state index in [9.17, 15) is 14.4 Å². The number of carbonyl (C=O) groups is 2. The molecule has 0 amide bonds. The van der Waals surface area contributed by atoms with E-state index in [2.05, 4.69) is 0 Å². The summed E-state index contributed by atoms with van der Waals surface area (Å²) < 4.78 is 16.0. The van der Waals surface area contributed by atoms with E-state index in [1.807, 2.05) is 0 Å². The van der Waals surface area contributed by atoms with Crippen molar-refractivity contribution in [1.29, 1.82) is 0 Å². The van der Waals surface area contributed by atoms with Crippen LogP contribution in [0.25, 0.3) is 11.0 Å². The van der Waals surface area contributed by atoms with Gasteiger partial charge in [-0.15, -0.1) is 0 Å². The zero-order valence-electron chi connectivity index (χ0n) is 12.6. The van der Waals surface area contributed by atoms with Crippen molar-refractivity contribution in [3.8, 4) is 11.5 Å². The molecule has 6 heteroatoms. The fraction of sp³-hybridized carbons (Fsp3) is 0.312. The topological polar surface area (TPSA) is 82.8 Å². The summed E-state index contributed by atoms with van der Waals surface area (Å²) in [5.74, 6) is 0.415. The standard InChI is InChI=1S/C16H16O6/c1-9-4-15(19)22-14-6-12(20-7-10(2)17)5-13(16(9)14)21-8-11(3)18/h4-6H,7-8H2,1-3H3. The Morgan fingerprint density at radius 3 is 2.32 bits per heavy atom. The third-order valence-corrected chi connectivity index (χ3v) is 2.85. The van der Waals surface area contributed by atoms with E-state index in [1.165, 1.54) is 26.0 Å². The van der Waals surface area contributed by atoms with E-state index < -0.39 is 5.63 Å². The van der Waals surface area contributed by atoms with E-state index >= 15 is 0 Å². The van der Waals surface area contributed by atoms with Crippen LogP contribution in [0, 0.1) is 6.92 Å². The lowest BCUT2D eigenvalue weighted by atomic mass is 10.1. The van der Waals surface area contributed by atoms with E-state index in [4.69, 9.17) is 13.9 Å². The van der Waals surface area contributed by atoms with Gasteiger partial charge in [-0.2, -0.15) is 0 Å². The van der Waals surface area contributed by atoms with Gasteiger partial charge >= 0.3 is 5.63 Å².